The van der Waals surface area contributed by atoms with E-state index in [0.29, 0.717) is 30.3 Å². The van der Waals surface area contributed by atoms with E-state index in [-0.39, 0.29) is 30.3 Å². The van der Waals surface area contributed by atoms with Crippen molar-refractivity contribution in [2.75, 3.05) is 0 Å². The van der Waals surface area contributed by atoms with Gasteiger partial charge in [0.1, 0.15) is 5.78 Å². The summed E-state index contributed by atoms with van der Waals surface area (Å²) < 4.78 is 10.5. The van der Waals surface area contributed by atoms with Gasteiger partial charge in [-0.15, -0.1) is 11.3 Å². The van der Waals surface area contributed by atoms with Crippen LogP contribution in [0.3, 0.4) is 0 Å². The van der Waals surface area contributed by atoms with Crippen LogP contribution in [0.1, 0.15) is 38.0 Å². The van der Waals surface area contributed by atoms with Crippen LogP contribution in [0.2, 0.25) is 0 Å². The van der Waals surface area contributed by atoms with Crippen molar-refractivity contribution < 1.29 is 18.8 Å². The number of rotatable bonds is 4. The van der Waals surface area contributed by atoms with Crippen molar-refractivity contribution in [2.24, 2.45) is 17.8 Å². The number of Topliss-reactive ketones (excluding diaryl/α,β-unsaturated/α-hetero) is 1. The molecule has 0 radical (unpaired) electrons. The Hall–Kier alpha value is -2.02. The molecule has 4 rings (SSSR count). The highest BCUT2D eigenvalue weighted by atomic mass is 32.1. The highest BCUT2D eigenvalue weighted by Crippen LogP contribution is 2.40. The number of hydrogen-bond acceptors (Lipinski definition) is 7. The fourth-order valence-electron chi connectivity index (χ4n) is 3.74. The third-order valence-electron chi connectivity index (χ3n) is 4.93. The Morgan fingerprint density at radius 1 is 1.33 bits per heavy atom. The minimum atomic E-state index is -0.254. The first-order chi connectivity index (χ1) is 11.7. The molecule has 2 atom stereocenters. The second-order valence-electron chi connectivity index (χ2n) is 6.49. The van der Waals surface area contributed by atoms with Crippen LogP contribution in [0.25, 0.3) is 10.7 Å². The lowest BCUT2D eigenvalue weighted by atomic mass is 9.67. The van der Waals surface area contributed by atoms with Gasteiger partial charge in [-0.3, -0.25) is 9.59 Å². The number of fused-ring (bicyclic) bond motifs is 2. The average molecular weight is 346 g/mol. The maximum absolute atomic E-state index is 12.3. The number of ketones is 1. The molecule has 0 N–H and O–H groups in total. The zero-order valence-corrected chi connectivity index (χ0v) is 14.0. The molecule has 0 amide bonds. The van der Waals surface area contributed by atoms with Gasteiger partial charge in [-0.05, 0) is 37.1 Å². The quantitative estimate of drug-likeness (QED) is 0.791. The summed E-state index contributed by atoms with van der Waals surface area (Å²) in [6.45, 7) is -0.0169. The van der Waals surface area contributed by atoms with Crippen LogP contribution >= 0.6 is 11.3 Å². The Morgan fingerprint density at radius 3 is 2.83 bits per heavy atom. The monoisotopic (exact) mass is 346 g/mol. The Labute approximate surface area is 143 Å². The van der Waals surface area contributed by atoms with Gasteiger partial charge in [0.15, 0.2) is 6.61 Å². The molecule has 24 heavy (non-hydrogen) atoms. The molecule has 0 spiro atoms. The smallest absolute Gasteiger partial charge is 0.309 e. The van der Waals surface area contributed by atoms with Gasteiger partial charge >= 0.3 is 5.97 Å². The maximum Gasteiger partial charge on any atom is 0.309 e. The van der Waals surface area contributed by atoms with Crippen molar-refractivity contribution in [3.05, 3.63) is 23.4 Å². The summed E-state index contributed by atoms with van der Waals surface area (Å²) in [5.74, 6) is 0.802. The van der Waals surface area contributed by atoms with E-state index >= 15 is 0 Å². The Morgan fingerprint density at radius 2 is 2.12 bits per heavy atom. The van der Waals surface area contributed by atoms with E-state index in [9.17, 15) is 9.59 Å². The topological polar surface area (TPSA) is 82.3 Å². The number of nitrogens with zero attached hydrogens (tertiary/aromatic N) is 2. The molecular formula is C17H18N2O4S. The van der Waals surface area contributed by atoms with Gasteiger partial charge in [-0.25, -0.2) is 0 Å². The summed E-state index contributed by atoms with van der Waals surface area (Å²) in [5, 5.41) is 5.83. The fourth-order valence-corrected chi connectivity index (χ4v) is 4.39. The summed E-state index contributed by atoms with van der Waals surface area (Å²) in [7, 11) is 0. The molecule has 0 unspecified atom stereocenters. The Kier molecular flexibility index (Phi) is 4.18. The van der Waals surface area contributed by atoms with Crippen LogP contribution < -0.4 is 0 Å². The zero-order valence-electron chi connectivity index (χ0n) is 13.1. The van der Waals surface area contributed by atoms with E-state index in [1.165, 1.54) is 11.3 Å². The number of thiophene rings is 1. The fraction of sp³-hybridized carbons (Fsp3) is 0.529. The number of hydrogen-bond donors (Lipinski definition) is 0. The van der Waals surface area contributed by atoms with Gasteiger partial charge in [0.2, 0.25) is 5.82 Å². The van der Waals surface area contributed by atoms with Crippen LogP contribution in [0.4, 0.5) is 0 Å². The second kappa shape index (κ2) is 6.47. The molecule has 2 aromatic rings. The standard InChI is InChI=1S/C17H18N2O4S/c20-15-10-3-1-4-11(15)8-12(7-10)17(21)22-9-14-18-16(19-23-14)13-5-2-6-24-13/h2,5-6,10-12H,1,3-4,7-9H2/t10-,11-/m1/s1. The molecule has 7 heteroatoms. The predicted octanol–water partition coefficient (Wildman–Crippen LogP) is 3.24. The number of aromatic nitrogens is 2. The first kappa shape index (κ1) is 15.5. The molecule has 2 bridgehead atoms. The average Bonchev–Trinajstić information content (AvgIpc) is 3.23. The van der Waals surface area contributed by atoms with Gasteiger partial charge in [0.05, 0.1) is 10.8 Å². The van der Waals surface area contributed by atoms with Crippen molar-refractivity contribution in [3.63, 3.8) is 0 Å². The number of carbonyl (C=O) groups excluding carboxylic acids is 2. The summed E-state index contributed by atoms with van der Waals surface area (Å²) in [6.07, 6.45) is 4.16. The van der Waals surface area contributed by atoms with Crippen LogP contribution in [0.5, 0.6) is 0 Å². The Bertz CT molecular complexity index is 724. The molecular weight excluding hydrogens is 328 g/mol. The highest BCUT2D eigenvalue weighted by molar-refractivity contribution is 7.13. The van der Waals surface area contributed by atoms with Crippen molar-refractivity contribution in [1.82, 2.24) is 10.1 Å². The lowest BCUT2D eigenvalue weighted by molar-refractivity contribution is -0.155. The third-order valence-corrected chi connectivity index (χ3v) is 5.79. The Balaban J connectivity index is 1.34. The minimum absolute atomic E-state index is 0.0169. The first-order valence-corrected chi connectivity index (χ1v) is 9.15. The molecule has 6 nitrogen and oxygen atoms in total. The molecule has 0 saturated heterocycles. The van der Waals surface area contributed by atoms with E-state index in [0.717, 1.165) is 24.1 Å². The van der Waals surface area contributed by atoms with E-state index in [4.69, 9.17) is 9.26 Å². The minimum Gasteiger partial charge on any atom is -0.455 e. The molecule has 2 saturated carbocycles. The molecule has 2 heterocycles. The number of carbonyl (C=O) groups is 2. The molecule has 0 aromatic carbocycles. The van der Waals surface area contributed by atoms with Crippen LogP contribution in [-0.4, -0.2) is 21.9 Å². The summed E-state index contributed by atoms with van der Waals surface area (Å²) in [6, 6.07) is 3.82. The summed E-state index contributed by atoms with van der Waals surface area (Å²) in [5.41, 5.74) is 0. The molecule has 126 valence electrons. The van der Waals surface area contributed by atoms with Crippen LogP contribution in [-0.2, 0) is 20.9 Å². The highest BCUT2D eigenvalue weighted by Gasteiger charge is 2.41. The SMILES string of the molecule is O=C(OCc1nc(-c2cccs2)no1)C1C[C@H]2CCC[C@H](C1)C2=O. The van der Waals surface area contributed by atoms with Crippen molar-refractivity contribution in [3.8, 4) is 10.7 Å². The number of ether oxygens (including phenoxy) is 1. The maximum atomic E-state index is 12.3. The third kappa shape index (κ3) is 3.00. The van der Waals surface area contributed by atoms with Gasteiger partial charge in [-0.2, -0.15) is 4.98 Å². The van der Waals surface area contributed by atoms with Gasteiger partial charge < -0.3 is 9.26 Å². The second-order valence-corrected chi connectivity index (χ2v) is 7.44. The molecule has 2 aliphatic rings. The summed E-state index contributed by atoms with van der Waals surface area (Å²) in [4.78, 5) is 29.6. The lowest BCUT2D eigenvalue weighted by Gasteiger charge is -2.36. The van der Waals surface area contributed by atoms with E-state index in [1.807, 2.05) is 17.5 Å². The predicted molar refractivity (Wildman–Crippen MR) is 86.0 cm³/mol. The van der Waals surface area contributed by atoms with Crippen molar-refractivity contribution in [1.29, 1.82) is 0 Å². The normalized spacial score (nSPS) is 26.3. The van der Waals surface area contributed by atoms with Crippen LogP contribution in [0, 0.1) is 17.8 Å². The van der Waals surface area contributed by atoms with Gasteiger partial charge in [0, 0.05) is 11.8 Å². The lowest BCUT2D eigenvalue weighted by Crippen LogP contribution is -2.39. The number of esters is 1. The molecule has 2 aliphatic carbocycles. The van der Waals surface area contributed by atoms with Gasteiger partial charge in [0.25, 0.3) is 5.89 Å². The van der Waals surface area contributed by atoms with Crippen molar-refractivity contribution in [2.45, 2.75) is 38.7 Å². The zero-order chi connectivity index (χ0) is 16.5. The van der Waals surface area contributed by atoms with E-state index in [2.05, 4.69) is 10.1 Å². The summed E-state index contributed by atoms with van der Waals surface area (Å²) >= 11 is 1.52. The van der Waals surface area contributed by atoms with Crippen LogP contribution in [0.15, 0.2) is 22.0 Å². The molecule has 0 aliphatic heterocycles. The van der Waals surface area contributed by atoms with Gasteiger partial charge in [-0.1, -0.05) is 17.6 Å². The largest absolute Gasteiger partial charge is 0.455 e. The molecule has 2 aromatic heterocycles. The van der Waals surface area contributed by atoms with E-state index < -0.39 is 0 Å². The first-order valence-electron chi connectivity index (χ1n) is 8.27. The molecule has 2 fully saturated rings. The van der Waals surface area contributed by atoms with Crippen molar-refractivity contribution >= 4 is 23.1 Å². The van der Waals surface area contributed by atoms with E-state index in [1.54, 1.807) is 0 Å².